The summed E-state index contributed by atoms with van der Waals surface area (Å²) < 4.78 is 0. The van der Waals surface area contributed by atoms with Gasteiger partial charge in [-0.15, -0.1) is 0 Å². The molecule has 1 heterocycles. The molecule has 2 N–H and O–H groups in total. The van der Waals surface area contributed by atoms with Crippen molar-refractivity contribution in [3.63, 3.8) is 0 Å². The number of nitrogens with zero attached hydrogens (tertiary/aromatic N) is 3. The summed E-state index contributed by atoms with van der Waals surface area (Å²) in [7, 11) is 0. The minimum atomic E-state index is 0.237. The molecule has 3 unspecified atom stereocenters. The molecule has 2 fully saturated rings. The molecule has 5 nitrogen and oxygen atoms in total. The topological polar surface area (TPSA) is 62.7 Å². The Labute approximate surface area is 118 Å². The second-order valence-corrected chi connectivity index (χ2v) is 5.94. The normalized spacial score (nSPS) is 28.6. The summed E-state index contributed by atoms with van der Waals surface area (Å²) >= 11 is 5.90. The fourth-order valence-electron chi connectivity index (χ4n) is 3.52. The first-order chi connectivity index (χ1) is 9.24. The van der Waals surface area contributed by atoms with E-state index in [0.29, 0.717) is 11.9 Å². The Bertz CT molecular complexity index is 453. The Balaban J connectivity index is 1.60. The van der Waals surface area contributed by atoms with Gasteiger partial charge in [-0.1, -0.05) is 6.42 Å². The Morgan fingerprint density at radius 1 is 1.11 bits per heavy atom. The van der Waals surface area contributed by atoms with Crippen LogP contribution in [0.15, 0.2) is 0 Å². The number of fused-ring (bicyclic) bond motifs is 2. The van der Waals surface area contributed by atoms with Gasteiger partial charge in [-0.2, -0.15) is 15.0 Å². The van der Waals surface area contributed by atoms with Gasteiger partial charge in [0.05, 0.1) is 0 Å². The molecule has 0 spiro atoms. The minimum absolute atomic E-state index is 0.237. The third kappa shape index (κ3) is 2.91. The Kier molecular flexibility index (Phi) is 3.73. The van der Waals surface area contributed by atoms with Crippen molar-refractivity contribution < 1.29 is 0 Å². The van der Waals surface area contributed by atoms with Crippen LogP contribution in [0.3, 0.4) is 0 Å². The first-order valence-electron chi connectivity index (χ1n) is 7.14. The Hall–Kier alpha value is -1.10. The molecule has 2 bridgehead atoms. The van der Waals surface area contributed by atoms with E-state index in [-0.39, 0.29) is 5.28 Å². The quantitative estimate of drug-likeness (QED) is 0.869. The number of anilines is 2. The van der Waals surface area contributed by atoms with Crippen molar-refractivity contribution in [2.45, 2.75) is 32.6 Å². The van der Waals surface area contributed by atoms with Crippen LogP contribution in [0.5, 0.6) is 0 Å². The number of nitrogens with one attached hydrogen (secondary N) is 2. The highest BCUT2D eigenvalue weighted by Gasteiger charge is 2.39. The molecule has 19 heavy (non-hydrogen) atoms. The van der Waals surface area contributed by atoms with E-state index in [1.165, 1.54) is 25.7 Å². The highest BCUT2D eigenvalue weighted by Crippen LogP contribution is 2.48. The second-order valence-electron chi connectivity index (χ2n) is 5.60. The third-order valence-corrected chi connectivity index (χ3v) is 4.52. The molecule has 1 aromatic rings. The van der Waals surface area contributed by atoms with Crippen molar-refractivity contribution >= 4 is 23.5 Å². The molecule has 0 saturated heterocycles. The van der Waals surface area contributed by atoms with Crippen LogP contribution in [0.2, 0.25) is 5.28 Å². The Morgan fingerprint density at radius 2 is 1.89 bits per heavy atom. The van der Waals surface area contributed by atoms with E-state index >= 15 is 0 Å². The number of rotatable bonds is 5. The van der Waals surface area contributed by atoms with E-state index in [0.717, 1.165) is 30.8 Å². The van der Waals surface area contributed by atoms with Crippen LogP contribution in [0.25, 0.3) is 0 Å². The summed E-state index contributed by atoms with van der Waals surface area (Å²) in [6, 6.07) is 0. The molecule has 0 radical (unpaired) electrons. The van der Waals surface area contributed by atoms with E-state index in [1.54, 1.807) is 0 Å². The summed E-state index contributed by atoms with van der Waals surface area (Å²) in [6.07, 6.45) is 5.62. The summed E-state index contributed by atoms with van der Waals surface area (Å²) in [4.78, 5) is 12.5. The van der Waals surface area contributed by atoms with Crippen LogP contribution in [-0.2, 0) is 0 Å². The molecule has 3 atom stereocenters. The van der Waals surface area contributed by atoms with Crippen LogP contribution in [0, 0.1) is 17.8 Å². The molecule has 6 heteroatoms. The van der Waals surface area contributed by atoms with Gasteiger partial charge in [0.2, 0.25) is 17.2 Å². The van der Waals surface area contributed by atoms with Crippen molar-refractivity contribution in [3.8, 4) is 0 Å². The molecular weight excluding hydrogens is 262 g/mol. The zero-order chi connectivity index (χ0) is 13.2. The summed E-state index contributed by atoms with van der Waals surface area (Å²) in [5.41, 5.74) is 0. The molecule has 2 aliphatic carbocycles. The zero-order valence-corrected chi connectivity index (χ0v) is 12.0. The van der Waals surface area contributed by atoms with E-state index in [2.05, 4.69) is 25.6 Å². The molecule has 2 aliphatic rings. The maximum absolute atomic E-state index is 5.90. The highest BCUT2D eigenvalue weighted by atomic mass is 35.5. The van der Waals surface area contributed by atoms with Crippen LogP contribution < -0.4 is 10.6 Å². The average Bonchev–Trinajstić information content (AvgIpc) is 2.98. The number of hydrogen-bond donors (Lipinski definition) is 2. The van der Waals surface area contributed by atoms with Gasteiger partial charge in [-0.3, -0.25) is 0 Å². The molecular formula is C13H20ClN5. The smallest absolute Gasteiger partial charge is 0.228 e. The fourth-order valence-corrected chi connectivity index (χ4v) is 3.68. The molecule has 0 aromatic carbocycles. The van der Waals surface area contributed by atoms with Crippen LogP contribution in [-0.4, -0.2) is 28.0 Å². The Morgan fingerprint density at radius 3 is 2.53 bits per heavy atom. The first-order valence-corrected chi connectivity index (χ1v) is 7.51. The van der Waals surface area contributed by atoms with Gasteiger partial charge in [0.15, 0.2) is 0 Å². The molecule has 3 rings (SSSR count). The maximum atomic E-state index is 5.90. The standard InChI is InChI=1S/C13H20ClN5/c1-2-15-12-17-11(14)18-13(19-12)16-7-10-6-8-3-4-9(10)5-8/h8-10H,2-7H2,1H3,(H2,15,16,17,18,19). The van der Waals surface area contributed by atoms with Crippen molar-refractivity contribution in [1.82, 2.24) is 15.0 Å². The van der Waals surface area contributed by atoms with Crippen molar-refractivity contribution in [1.29, 1.82) is 0 Å². The fraction of sp³-hybridized carbons (Fsp3) is 0.769. The maximum Gasteiger partial charge on any atom is 0.228 e. The number of halogens is 1. The highest BCUT2D eigenvalue weighted by molar-refractivity contribution is 6.28. The largest absolute Gasteiger partial charge is 0.354 e. The second kappa shape index (κ2) is 5.49. The predicted octanol–water partition coefficient (Wildman–Crippen LogP) is 2.80. The van der Waals surface area contributed by atoms with Gasteiger partial charge in [0.25, 0.3) is 0 Å². The average molecular weight is 282 g/mol. The van der Waals surface area contributed by atoms with Crippen LogP contribution in [0.4, 0.5) is 11.9 Å². The molecule has 0 aliphatic heterocycles. The van der Waals surface area contributed by atoms with E-state index in [9.17, 15) is 0 Å². The molecule has 104 valence electrons. The minimum Gasteiger partial charge on any atom is -0.354 e. The summed E-state index contributed by atoms with van der Waals surface area (Å²) in [6.45, 7) is 3.72. The van der Waals surface area contributed by atoms with Crippen molar-refractivity contribution in [2.75, 3.05) is 23.7 Å². The monoisotopic (exact) mass is 281 g/mol. The number of hydrogen-bond acceptors (Lipinski definition) is 5. The lowest BCUT2D eigenvalue weighted by Gasteiger charge is -2.21. The van der Waals surface area contributed by atoms with Crippen LogP contribution >= 0.6 is 11.6 Å². The third-order valence-electron chi connectivity index (χ3n) is 4.35. The van der Waals surface area contributed by atoms with Crippen molar-refractivity contribution in [3.05, 3.63) is 5.28 Å². The van der Waals surface area contributed by atoms with E-state index < -0.39 is 0 Å². The zero-order valence-electron chi connectivity index (χ0n) is 11.2. The lowest BCUT2D eigenvalue weighted by atomic mass is 9.89. The van der Waals surface area contributed by atoms with Gasteiger partial charge in [0, 0.05) is 13.1 Å². The van der Waals surface area contributed by atoms with Gasteiger partial charge in [-0.25, -0.2) is 0 Å². The summed E-state index contributed by atoms with van der Waals surface area (Å²) in [5.74, 6) is 3.77. The van der Waals surface area contributed by atoms with E-state index in [4.69, 9.17) is 11.6 Å². The lowest BCUT2D eigenvalue weighted by molar-refractivity contribution is 0.348. The van der Waals surface area contributed by atoms with Crippen molar-refractivity contribution in [2.24, 2.45) is 17.8 Å². The molecule has 2 saturated carbocycles. The summed E-state index contributed by atoms with van der Waals surface area (Å²) in [5, 5.41) is 6.62. The van der Waals surface area contributed by atoms with Gasteiger partial charge in [0.1, 0.15) is 0 Å². The molecule has 0 amide bonds. The van der Waals surface area contributed by atoms with E-state index in [1.807, 2.05) is 6.92 Å². The van der Waals surface area contributed by atoms with Gasteiger partial charge in [-0.05, 0) is 55.5 Å². The first kappa shape index (κ1) is 12.9. The van der Waals surface area contributed by atoms with Gasteiger partial charge >= 0.3 is 0 Å². The van der Waals surface area contributed by atoms with Gasteiger partial charge < -0.3 is 10.6 Å². The van der Waals surface area contributed by atoms with Crippen LogP contribution in [0.1, 0.15) is 32.6 Å². The lowest BCUT2D eigenvalue weighted by Crippen LogP contribution is -2.21. The molecule has 1 aromatic heterocycles. The SMILES string of the molecule is CCNc1nc(Cl)nc(NCC2CC3CCC2C3)n1. The number of aromatic nitrogens is 3. The predicted molar refractivity (Wildman–Crippen MR) is 76.4 cm³/mol.